The van der Waals surface area contributed by atoms with Crippen molar-refractivity contribution >= 4 is 29.2 Å². The van der Waals surface area contributed by atoms with Gasteiger partial charge in [0.25, 0.3) is 0 Å². The molecule has 6 heteroatoms. The van der Waals surface area contributed by atoms with Crippen LogP contribution in [0.25, 0.3) is 0 Å². The molecule has 17 heavy (non-hydrogen) atoms. The van der Waals surface area contributed by atoms with Crippen molar-refractivity contribution in [3.05, 3.63) is 28.8 Å². The number of amides is 1. The van der Waals surface area contributed by atoms with Crippen LogP contribution in [-0.2, 0) is 9.59 Å². The molecular formula is C11H12ClNNaO3+. The largest absolute Gasteiger partial charge is 1.00 e. The van der Waals surface area contributed by atoms with Crippen LogP contribution < -0.4 is 34.9 Å². The summed E-state index contributed by atoms with van der Waals surface area (Å²) in [5, 5.41) is 11.5. The van der Waals surface area contributed by atoms with Gasteiger partial charge in [0.2, 0.25) is 5.91 Å². The van der Waals surface area contributed by atoms with Crippen LogP contribution in [0.2, 0.25) is 5.02 Å². The summed E-state index contributed by atoms with van der Waals surface area (Å²) in [6, 6.07) is 5.27. The predicted octanol–water partition coefficient (Wildman–Crippen LogP) is -0.544. The Hall–Kier alpha value is -0.550. The number of carboxylic acid groups (broad SMARTS) is 1. The molecule has 86 valence electrons. The van der Waals surface area contributed by atoms with E-state index in [9.17, 15) is 9.59 Å². The summed E-state index contributed by atoms with van der Waals surface area (Å²) in [6.45, 7) is 1.82. The topological polar surface area (TPSA) is 66.4 Å². The number of aliphatic carboxylic acids is 1. The number of aryl methyl sites for hydroxylation is 1. The first-order valence-electron chi connectivity index (χ1n) is 4.77. The second-order valence-electron chi connectivity index (χ2n) is 3.37. The van der Waals surface area contributed by atoms with Crippen LogP contribution in [0.4, 0.5) is 5.69 Å². The van der Waals surface area contributed by atoms with E-state index in [1.165, 1.54) is 0 Å². The van der Waals surface area contributed by atoms with Gasteiger partial charge >= 0.3 is 35.5 Å². The molecule has 0 fully saturated rings. The number of hydrogen-bond acceptors (Lipinski definition) is 2. The standard InChI is InChI=1S/C11H12ClNO3.Na/c1-7-3-2-4-8(12)11(7)13-9(14)5-6-10(15)16;/h2-4H,5-6H2,1H3,(H,13,14)(H,15,16);/q;+1. The van der Waals surface area contributed by atoms with Crippen LogP contribution in [0.15, 0.2) is 18.2 Å². The Kier molecular flexibility index (Phi) is 7.46. The van der Waals surface area contributed by atoms with E-state index in [1.807, 2.05) is 13.0 Å². The zero-order valence-electron chi connectivity index (χ0n) is 9.79. The number of anilines is 1. The molecule has 0 aliphatic carbocycles. The third kappa shape index (κ3) is 5.55. The van der Waals surface area contributed by atoms with Gasteiger partial charge in [-0.05, 0) is 18.6 Å². The fourth-order valence-corrected chi connectivity index (χ4v) is 1.48. The Balaban J connectivity index is 0.00000256. The molecule has 4 nitrogen and oxygen atoms in total. The van der Waals surface area contributed by atoms with Crippen LogP contribution in [0, 0.1) is 6.92 Å². The first-order chi connectivity index (χ1) is 7.50. The van der Waals surface area contributed by atoms with E-state index in [4.69, 9.17) is 16.7 Å². The Labute approximate surface area is 127 Å². The summed E-state index contributed by atoms with van der Waals surface area (Å²) in [5.74, 6) is -1.34. The summed E-state index contributed by atoms with van der Waals surface area (Å²) in [4.78, 5) is 21.7. The Morgan fingerprint density at radius 1 is 1.35 bits per heavy atom. The summed E-state index contributed by atoms with van der Waals surface area (Å²) >= 11 is 5.91. The molecule has 0 aromatic heterocycles. The summed E-state index contributed by atoms with van der Waals surface area (Å²) < 4.78 is 0. The third-order valence-corrected chi connectivity index (χ3v) is 2.37. The molecule has 1 aromatic carbocycles. The number of carbonyl (C=O) groups excluding carboxylic acids is 1. The number of hydrogen-bond donors (Lipinski definition) is 2. The van der Waals surface area contributed by atoms with Gasteiger partial charge in [-0.15, -0.1) is 0 Å². The SMILES string of the molecule is Cc1cccc(Cl)c1NC(=O)CCC(=O)O.[Na+]. The number of nitrogens with one attached hydrogen (secondary N) is 1. The molecule has 0 radical (unpaired) electrons. The first kappa shape index (κ1) is 16.4. The molecule has 1 rings (SSSR count). The van der Waals surface area contributed by atoms with E-state index >= 15 is 0 Å². The van der Waals surface area contributed by atoms with Crippen LogP contribution in [0.3, 0.4) is 0 Å². The van der Waals surface area contributed by atoms with Crippen molar-refractivity contribution in [3.8, 4) is 0 Å². The van der Waals surface area contributed by atoms with Crippen molar-refractivity contribution < 1.29 is 44.3 Å². The molecule has 0 spiro atoms. The van der Waals surface area contributed by atoms with Gasteiger partial charge in [-0.25, -0.2) is 0 Å². The fourth-order valence-electron chi connectivity index (χ4n) is 1.21. The summed E-state index contributed by atoms with van der Waals surface area (Å²) in [7, 11) is 0. The molecule has 0 aliphatic heterocycles. The molecule has 0 bridgehead atoms. The van der Waals surface area contributed by atoms with Gasteiger partial charge in [-0.1, -0.05) is 23.7 Å². The molecule has 0 saturated heterocycles. The van der Waals surface area contributed by atoms with Crippen molar-refractivity contribution in [3.63, 3.8) is 0 Å². The van der Waals surface area contributed by atoms with Gasteiger partial charge in [0.1, 0.15) is 0 Å². The van der Waals surface area contributed by atoms with Crippen LogP contribution in [0.1, 0.15) is 18.4 Å². The molecule has 1 amide bonds. The minimum atomic E-state index is -0.994. The maximum atomic E-state index is 11.4. The van der Waals surface area contributed by atoms with E-state index in [1.54, 1.807) is 12.1 Å². The van der Waals surface area contributed by atoms with E-state index in [2.05, 4.69) is 5.32 Å². The number of halogens is 1. The smallest absolute Gasteiger partial charge is 0.481 e. The molecule has 0 aliphatic rings. The number of benzene rings is 1. The monoisotopic (exact) mass is 264 g/mol. The Bertz CT molecular complexity index is 403. The summed E-state index contributed by atoms with van der Waals surface area (Å²) in [5.41, 5.74) is 1.38. The molecule has 2 N–H and O–H groups in total. The van der Waals surface area contributed by atoms with Crippen molar-refractivity contribution in [1.29, 1.82) is 0 Å². The zero-order valence-corrected chi connectivity index (χ0v) is 12.5. The van der Waals surface area contributed by atoms with Crippen LogP contribution >= 0.6 is 11.6 Å². The van der Waals surface area contributed by atoms with Crippen molar-refractivity contribution in [2.75, 3.05) is 5.32 Å². The predicted molar refractivity (Wildman–Crippen MR) is 61.7 cm³/mol. The van der Waals surface area contributed by atoms with Crippen LogP contribution in [0.5, 0.6) is 0 Å². The van der Waals surface area contributed by atoms with Gasteiger partial charge in [0, 0.05) is 6.42 Å². The average molecular weight is 265 g/mol. The third-order valence-electron chi connectivity index (χ3n) is 2.05. The molecule has 0 saturated carbocycles. The van der Waals surface area contributed by atoms with E-state index in [-0.39, 0.29) is 48.3 Å². The maximum absolute atomic E-state index is 11.4. The van der Waals surface area contributed by atoms with Gasteiger partial charge in [-0.2, -0.15) is 0 Å². The minimum absolute atomic E-state index is 0. The molecule has 0 atom stereocenters. The molecule has 0 heterocycles. The second-order valence-corrected chi connectivity index (χ2v) is 3.78. The zero-order chi connectivity index (χ0) is 12.1. The number of para-hydroxylation sites is 1. The minimum Gasteiger partial charge on any atom is -0.481 e. The second kappa shape index (κ2) is 7.71. The molecule has 0 unspecified atom stereocenters. The van der Waals surface area contributed by atoms with E-state index < -0.39 is 5.97 Å². The number of carbonyl (C=O) groups is 2. The van der Waals surface area contributed by atoms with Gasteiger partial charge in [0.05, 0.1) is 17.1 Å². The average Bonchev–Trinajstić information content (AvgIpc) is 2.21. The van der Waals surface area contributed by atoms with Gasteiger partial charge in [0.15, 0.2) is 0 Å². The van der Waals surface area contributed by atoms with Crippen molar-refractivity contribution in [2.45, 2.75) is 19.8 Å². The molecule has 1 aromatic rings. The maximum Gasteiger partial charge on any atom is 1.00 e. The van der Waals surface area contributed by atoms with Gasteiger partial charge in [-0.3, -0.25) is 9.59 Å². The number of carboxylic acids is 1. The van der Waals surface area contributed by atoms with Gasteiger partial charge < -0.3 is 10.4 Å². The summed E-state index contributed by atoms with van der Waals surface area (Å²) in [6.07, 6.45) is -0.241. The van der Waals surface area contributed by atoms with Crippen LogP contribution in [-0.4, -0.2) is 17.0 Å². The quantitative estimate of drug-likeness (QED) is 0.718. The Morgan fingerprint density at radius 3 is 2.53 bits per heavy atom. The fraction of sp³-hybridized carbons (Fsp3) is 0.273. The normalized spacial score (nSPS) is 9.29. The van der Waals surface area contributed by atoms with E-state index in [0.29, 0.717) is 10.7 Å². The van der Waals surface area contributed by atoms with Crippen molar-refractivity contribution in [1.82, 2.24) is 0 Å². The Morgan fingerprint density at radius 2 is 2.00 bits per heavy atom. The number of rotatable bonds is 4. The van der Waals surface area contributed by atoms with Crippen molar-refractivity contribution in [2.24, 2.45) is 0 Å². The van der Waals surface area contributed by atoms with E-state index in [0.717, 1.165) is 5.56 Å². The molecular weight excluding hydrogens is 253 g/mol. The first-order valence-corrected chi connectivity index (χ1v) is 5.15.